The first-order valence-electron chi connectivity index (χ1n) is 10.2. The molecule has 1 unspecified atom stereocenters. The van der Waals surface area contributed by atoms with Gasteiger partial charge in [-0.25, -0.2) is 0 Å². The number of nitrogens with zero attached hydrogens (tertiary/aromatic N) is 2. The second-order valence-electron chi connectivity index (χ2n) is 7.46. The molecule has 32 heavy (non-hydrogen) atoms. The Bertz CT molecular complexity index is 1310. The number of fused-ring (bicyclic) bond motifs is 1. The maximum absolute atomic E-state index is 12.8. The molecule has 0 aliphatic carbocycles. The van der Waals surface area contributed by atoms with Gasteiger partial charge < -0.3 is 15.0 Å². The molecule has 8 heteroatoms. The van der Waals surface area contributed by atoms with Crippen LogP contribution >= 0.6 is 11.6 Å². The zero-order valence-electron chi connectivity index (χ0n) is 16.9. The molecule has 0 bridgehead atoms. The third-order valence-corrected chi connectivity index (χ3v) is 5.59. The minimum absolute atomic E-state index is 0.0598. The summed E-state index contributed by atoms with van der Waals surface area (Å²) in [5, 5.41) is 11.1. The Morgan fingerprint density at radius 3 is 2.75 bits per heavy atom. The van der Waals surface area contributed by atoms with Crippen LogP contribution < -0.4 is 15.0 Å². The summed E-state index contributed by atoms with van der Waals surface area (Å²) >= 11 is 5.96. The van der Waals surface area contributed by atoms with E-state index >= 15 is 0 Å². The normalized spacial score (nSPS) is 15.8. The highest BCUT2D eigenvalue weighted by molar-refractivity contribution is 6.31. The molecule has 0 radical (unpaired) electrons. The van der Waals surface area contributed by atoms with Gasteiger partial charge in [0, 0.05) is 40.7 Å². The summed E-state index contributed by atoms with van der Waals surface area (Å²) in [4.78, 5) is 27.0. The van der Waals surface area contributed by atoms with Crippen molar-refractivity contribution in [3.8, 4) is 5.75 Å². The number of nitrogens with one attached hydrogen (secondary N) is 2. The fourth-order valence-electron chi connectivity index (χ4n) is 3.77. The van der Waals surface area contributed by atoms with Crippen LogP contribution in [0.1, 0.15) is 16.8 Å². The van der Waals surface area contributed by atoms with Crippen molar-refractivity contribution in [1.29, 1.82) is 0 Å². The van der Waals surface area contributed by atoms with Crippen molar-refractivity contribution in [1.82, 2.24) is 10.2 Å². The number of rotatable bonds is 5. The molecule has 1 aliphatic heterocycles. The third kappa shape index (κ3) is 3.90. The van der Waals surface area contributed by atoms with Crippen molar-refractivity contribution >= 4 is 45.8 Å². The number of carbonyl (C=O) groups excluding carboxylic acids is 2. The topological polar surface area (TPSA) is 87.3 Å². The molecule has 0 saturated carbocycles. The summed E-state index contributed by atoms with van der Waals surface area (Å²) in [6, 6.07) is 21.6. The maximum Gasteiger partial charge on any atom is 0.268 e. The second-order valence-corrected chi connectivity index (χ2v) is 7.90. The van der Waals surface area contributed by atoms with E-state index in [-0.39, 0.29) is 11.8 Å². The number of benzene rings is 3. The highest BCUT2D eigenvalue weighted by Gasteiger charge is 2.34. The lowest BCUT2D eigenvalue weighted by molar-refractivity contribution is -0.122. The molecule has 1 saturated heterocycles. The van der Waals surface area contributed by atoms with Crippen LogP contribution in [0.15, 0.2) is 72.8 Å². The molecule has 1 fully saturated rings. The van der Waals surface area contributed by atoms with Crippen molar-refractivity contribution in [2.45, 2.75) is 12.5 Å². The van der Waals surface area contributed by atoms with Gasteiger partial charge in [0.15, 0.2) is 11.9 Å². The second kappa shape index (κ2) is 8.36. The lowest BCUT2D eigenvalue weighted by Crippen LogP contribution is -2.32. The van der Waals surface area contributed by atoms with Crippen LogP contribution in [-0.4, -0.2) is 34.7 Å². The molecular weight excluding hydrogens is 428 g/mol. The number of H-pyrrole nitrogens is 1. The third-order valence-electron chi connectivity index (χ3n) is 5.36. The predicted molar refractivity (Wildman–Crippen MR) is 123 cm³/mol. The predicted octanol–water partition coefficient (Wildman–Crippen LogP) is 4.65. The van der Waals surface area contributed by atoms with Gasteiger partial charge in [-0.2, -0.15) is 5.10 Å². The van der Waals surface area contributed by atoms with Gasteiger partial charge in [-0.1, -0.05) is 35.9 Å². The molecule has 1 aromatic heterocycles. The fourth-order valence-corrected chi connectivity index (χ4v) is 3.96. The Kier molecular flexibility index (Phi) is 5.25. The van der Waals surface area contributed by atoms with E-state index in [1.807, 2.05) is 30.3 Å². The van der Waals surface area contributed by atoms with Crippen LogP contribution in [-0.2, 0) is 4.79 Å². The first-order chi connectivity index (χ1) is 15.6. The van der Waals surface area contributed by atoms with E-state index in [1.54, 1.807) is 47.4 Å². The lowest BCUT2D eigenvalue weighted by atomic mass is 10.2. The van der Waals surface area contributed by atoms with E-state index in [0.29, 0.717) is 40.6 Å². The summed E-state index contributed by atoms with van der Waals surface area (Å²) in [6.45, 7) is 0.611. The summed E-state index contributed by atoms with van der Waals surface area (Å²) in [6.07, 6.45) is 0.0629. The summed E-state index contributed by atoms with van der Waals surface area (Å²) < 4.78 is 5.98. The SMILES string of the molecule is O=C(Nc1n[nH]c2cc(OC3CCN(c4ccccc4)C3=O)ccc12)c1cccc(Cl)c1. The highest BCUT2D eigenvalue weighted by atomic mass is 35.5. The number of ether oxygens (including phenoxy) is 1. The van der Waals surface area contributed by atoms with Crippen LogP contribution in [0.3, 0.4) is 0 Å². The smallest absolute Gasteiger partial charge is 0.268 e. The Morgan fingerprint density at radius 1 is 1.09 bits per heavy atom. The Morgan fingerprint density at radius 2 is 1.94 bits per heavy atom. The molecule has 2 heterocycles. The van der Waals surface area contributed by atoms with Crippen LogP contribution in [0.25, 0.3) is 10.9 Å². The quantitative estimate of drug-likeness (QED) is 0.467. The number of anilines is 2. The Hall–Kier alpha value is -3.84. The van der Waals surface area contributed by atoms with E-state index in [2.05, 4.69) is 15.5 Å². The summed E-state index contributed by atoms with van der Waals surface area (Å²) in [5.74, 6) is 0.597. The van der Waals surface area contributed by atoms with Crippen molar-refractivity contribution in [2.24, 2.45) is 0 Å². The van der Waals surface area contributed by atoms with Gasteiger partial charge in [0.25, 0.3) is 11.8 Å². The Labute approximate surface area is 188 Å². The van der Waals surface area contributed by atoms with E-state index in [0.717, 1.165) is 11.1 Å². The van der Waals surface area contributed by atoms with Gasteiger partial charge in [-0.15, -0.1) is 0 Å². The largest absolute Gasteiger partial charge is 0.480 e. The molecule has 5 rings (SSSR count). The number of aromatic amines is 1. The molecule has 2 N–H and O–H groups in total. The van der Waals surface area contributed by atoms with Crippen molar-refractivity contribution < 1.29 is 14.3 Å². The molecule has 2 amide bonds. The zero-order chi connectivity index (χ0) is 22.1. The first kappa shape index (κ1) is 20.1. The molecule has 1 aliphatic rings. The molecule has 4 aromatic rings. The van der Waals surface area contributed by atoms with Crippen LogP contribution in [0.4, 0.5) is 11.5 Å². The van der Waals surface area contributed by atoms with E-state index in [9.17, 15) is 9.59 Å². The number of para-hydroxylation sites is 1. The van der Waals surface area contributed by atoms with Gasteiger partial charge >= 0.3 is 0 Å². The average molecular weight is 447 g/mol. The van der Waals surface area contributed by atoms with Gasteiger partial charge in [0.05, 0.1) is 5.52 Å². The monoisotopic (exact) mass is 446 g/mol. The van der Waals surface area contributed by atoms with Gasteiger partial charge in [-0.05, 0) is 42.5 Å². The summed E-state index contributed by atoms with van der Waals surface area (Å²) in [7, 11) is 0. The number of hydrogen-bond donors (Lipinski definition) is 2. The van der Waals surface area contributed by atoms with Gasteiger partial charge in [-0.3, -0.25) is 14.7 Å². The van der Waals surface area contributed by atoms with Gasteiger partial charge in [0.1, 0.15) is 5.75 Å². The fraction of sp³-hybridized carbons (Fsp3) is 0.125. The number of hydrogen-bond acceptors (Lipinski definition) is 4. The Balaban J connectivity index is 1.30. The minimum atomic E-state index is -0.544. The summed E-state index contributed by atoms with van der Waals surface area (Å²) in [5.41, 5.74) is 2.00. The van der Waals surface area contributed by atoms with E-state index in [1.165, 1.54) is 0 Å². The number of amides is 2. The minimum Gasteiger partial charge on any atom is -0.480 e. The van der Waals surface area contributed by atoms with Crippen molar-refractivity contribution in [3.05, 3.63) is 83.4 Å². The van der Waals surface area contributed by atoms with Crippen LogP contribution in [0.5, 0.6) is 5.75 Å². The lowest BCUT2D eigenvalue weighted by Gasteiger charge is -2.17. The standard InChI is InChI=1S/C24H19ClN4O3/c25-16-6-4-5-15(13-16)23(30)26-22-19-10-9-18(14-20(19)27-28-22)32-21-11-12-29(24(21)31)17-7-2-1-3-8-17/h1-10,13-14,21H,11-12H2,(H2,26,27,28,30). The zero-order valence-corrected chi connectivity index (χ0v) is 17.7. The van der Waals surface area contributed by atoms with Crippen LogP contribution in [0.2, 0.25) is 5.02 Å². The number of halogens is 1. The molecule has 0 spiro atoms. The number of aromatic nitrogens is 2. The van der Waals surface area contributed by atoms with E-state index < -0.39 is 6.10 Å². The van der Waals surface area contributed by atoms with Crippen LogP contribution in [0, 0.1) is 0 Å². The average Bonchev–Trinajstić information content (AvgIpc) is 3.37. The molecule has 160 valence electrons. The molecular formula is C24H19ClN4O3. The van der Waals surface area contributed by atoms with E-state index in [4.69, 9.17) is 16.3 Å². The highest BCUT2D eigenvalue weighted by Crippen LogP contribution is 2.28. The molecule has 1 atom stereocenters. The maximum atomic E-state index is 12.8. The molecule has 7 nitrogen and oxygen atoms in total. The van der Waals surface area contributed by atoms with Gasteiger partial charge in [0.2, 0.25) is 0 Å². The molecule has 3 aromatic carbocycles. The number of carbonyl (C=O) groups is 2. The van der Waals surface area contributed by atoms with Crippen molar-refractivity contribution in [3.63, 3.8) is 0 Å². The van der Waals surface area contributed by atoms with Crippen molar-refractivity contribution in [2.75, 3.05) is 16.8 Å². The first-order valence-corrected chi connectivity index (χ1v) is 10.5.